The van der Waals surface area contributed by atoms with E-state index >= 15 is 0 Å². The van der Waals surface area contributed by atoms with Crippen molar-refractivity contribution in [3.63, 3.8) is 0 Å². The lowest BCUT2D eigenvalue weighted by molar-refractivity contribution is 0.0717. The Bertz CT molecular complexity index is 525. The Morgan fingerprint density at radius 2 is 2.05 bits per heavy atom. The van der Waals surface area contributed by atoms with Gasteiger partial charge in [0, 0.05) is 27.6 Å². The van der Waals surface area contributed by atoms with E-state index < -0.39 is 0 Å². The van der Waals surface area contributed by atoms with Crippen LogP contribution >= 0.6 is 31.9 Å². The molecule has 0 spiro atoms. The van der Waals surface area contributed by atoms with Crippen LogP contribution in [0.2, 0.25) is 0 Å². The second-order valence-corrected chi connectivity index (χ2v) is 7.73. The molecule has 1 aliphatic carbocycles. The van der Waals surface area contributed by atoms with Gasteiger partial charge in [-0.15, -0.1) is 0 Å². The molecule has 1 saturated carbocycles. The van der Waals surface area contributed by atoms with E-state index in [2.05, 4.69) is 42.1 Å². The molecule has 1 aliphatic heterocycles. The van der Waals surface area contributed by atoms with Crippen molar-refractivity contribution in [2.75, 3.05) is 13.1 Å². The summed E-state index contributed by atoms with van der Waals surface area (Å²) in [6.45, 7) is 1.92. The Labute approximate surface area is 142 Å². The van der Waals surface area contributed by atoms with Crippen LogP contribution in [-0.2, 0) is 0 Å². The molecule has 1 amide bonds. The van der Waals surface area contributed by atoms with Crippen molar-refractivity contribution in [2.24, 2.45) is 0 Å². The summed E-state index contributed by atoms with van der Waals surface area (Å²) in [6, 6.07) is 6.67. The Morgan fingerprint density at radius 1 is 1.24 bits per heavy atom. The second-order valence-electron chi connectivity index (χ2n) is 5.96. The standard InChI is InChI=1S/C16H20Br2N2O/c17-11-4-7-14(15(18)9-11)16(21)20(13-5-6-13)10-12-3-1-2-8-19-12/h4,7,9,12-13,19H,1-3,5-6,8,10H2. The maximum atomic E-state index is 12.9. The average Bonchev–Trinajstić information content (AvgIpc) is 3.30. The molecule has 21 heavy (non-hydrogen) atoms. The van der Waals surface area contributed by atoms with Gasteiger partial charge in [-0.05, 0) is 66.4 Å². The van der Waals surface area contributed by atoms with Gasteiger partial charge in [0.05, 0.1) is 5.56 Å². The van der Waals surface area contributed by atoms with Crippen LogP contribution in [0.3, 0.4) is 0 Å². The highest BCUT2D eigenvalue weighted by atomic mass is 79.9. The van der Waals surface area contributed by atoms with Gasteiger partial charge in [0.1, 0.15) is 0 Å². The van der Waals surface area contributed by atoms with Gasteiger partial charge in [0.2, 0.25) is 0 Å². The normalized spacial score (nSPS) is 22.1. The van der Waals surface area contributed by atoms with Crippen molar-refractivity contribution < 1.29 is 4.79 Å². The van der Waals surface area contributed by atoms with E-state index in [0.717, 1.165) is 40.4 Å². The third kappa shape index (κ3) is 3.88. The number of halogens is 2. The second kappa shape index (κ2) is 6.80. The maximum Gasteiger partial charge on any atom is 0.255 e. The molecular weight excluding hydrogens is 396 g/mol. The first-order valence-corrected chi connectivity index (χ1v) is 9.23. The van der Waals surface area contributed by atoms with Gasteiger partial charge in [-0.3, -0.25) is 4.79 Å². The van der Waals surface area contributed by atoms with Crippen molar-refractivity contribution >= 4 is 37.8 Å². The van der Waals surface area contributed by atoms with Crippen LogP contribution in [0.15, 0.2) is 27.1 Å². The largest absolute Gasteiger partial charge is 0.334 e. The molecule has 2 fully saturated rings. The molecule has 1 saturated heterocycles. The van der Waals surface area contributed by atoms with E-state index in [-0.39, 0.29) is 5.91 Å². The van der Waals surface area contributed by atoms with E-state index in [1.165, 1.54) is 19.3 Å². The number of amides is 1. The van der Waals surface area contributed by atoms with Crippen LogP contribution in [0.25, 0.3) is 0 Å². The number of piperidine rings is 1. The molecular formula is C16H20Br2N2O. The summed E-state index contributed by atoms with van der Waals surface area (Å²) in [7, 11) is 0. The summed E-state index contributed by atoms with van der Waals surface area (Å²) >= 11 is 6.96. The third-order valence-electron chi connectivity index (χ3n) is 4.24. The molecule has 5 heteroatoms. The van der Waals surface area contributed by atoms with Gasteiger partial charge >= 0.3 is 0 Å². The van der Waals surface area contributed by atoms with E-state index in [4.69, 9.17) is 0 Å². The number of nitrogens with one attached hydrogen (secondary N) is 1. The highest BCUT2D eigenvalue weighted by Gasteiger charge is 2.35. The lowest BCUT2D eigenvalue weighted by atomic mass is 10.0. The van der Waals surface area contributed by atoms with Gasteiger partial charge in [0.25, 0.3) is 5.91 Å². The summed E-state index contributed by atoms with van der Waals surface area (Å²) < 4.78 is 1.85. The number of hydrogen-bond donors (Lipinski definition) is 1. The zero-order valence-corrected chi connectivity index (χ0v) is 15.1. The number of hydrogen-bond acceptors (Lipinski definition) is 2. The number of benzene rings is 1. The summed E-state index contributed by atoms with van der Waals surface area (Å²) in [4.78, 5) is 15.0. The van der Waals surface area contributed by atoms with Crippen LogP contribution in [0.4, 0.5) is 0 Å². The molecule has 1 heterocycles. The van der Waals surface area contributed by atoms with Crippen LogP contribution in [-0.4, -0.2) is 36.0 Å². The first-order chi connectivity index (χ1) is 10.1. The van der Waals surface area contributed by atoms with Crippen LogP contribution in [0.5, 0.6) is 0 Å². The highest BCUT2D eigenvalue weighted by Crippen LogP contribution is 2.31. The van der Waals surface area contributed by atoms with Crippen LogP contribution < -0.4 is 5.32 Å². The molecule has 1 unspecified atom stereocenters. The first-order valence-electron chi connectivity index (χ1n) is 7.64. The van der Waals surface area contributed by atoms with Gasteiger partial charge in [-0.25, -0.2) is 0 Å². The lowest BCUT2D eigenvalue weighted by Gasteiger charge is -2.31. The number of rotatable bonds is 4. The lowest BCUT2D eigenvalue weighted by Crippen LogP contribution is -2.46. The Balaban J connectivity index is 1.75. The van der Waals surface area contributed by atoms with Crippen molar-refractivity contribution in [1.82, 2.24) is 10.2 Å². The molecule has 0 aromatic heterocycles. The summed E-state index contributed by atoms with van der Waals surface area (Å²) in [5.41, 5.74) is 0.765. The predicted octanol–water partition coefficient (Wildman–Crippen LogP) is 3.96. The fourth-order valence-electron chi connectivity index (χ4n) is 2.92. The monoisotopic (exact) mass is 414 g/mol. The molecule has 114 valence electrons. The average molecular weight is 416 g/mol. The van der Waals surface area contributed by atoms with Crippen LogP contribution in [0, 0.1) is 0 Å². The highest BCUT2D eigenvalue weighted by molar-refractivity contribution is 9.11. The summed E-state index contributed by atoms with van der Waals surface area (Å²) in [5.74, 6) is 0.157. The smallest absolute Gasteiger partial charge is 0.255 e. The van der Waals surface area contributed by atoms with Crippen molar-refractivity contribution in [1.29, 1.82) is 0 Å². The maximum absolute atomic E-state index is 12.9. The molecule has 3 nitrogen and oxygen atoms in total. The summed E-state index contributed by atoms with van der Waals surface area (Å²) in [5, 5.41) is 3.55. The minimum atomic E-state index is 0.157. The van der Waals surface area contributed by atoms with Gasteiger partial charge in [-0.2, -0.15) is 0 Å². The Kier molecular flexibility index (Phi) is 5.02. The van der Waals surface area contributed by atoms with E-state index in [0.29, 0.717) is 12.1 Å². The van der Waals surface area contributed by atoms with Crippen molar-refractivity contribution in [2.45, 2.75) is 44.2 Å². The molecule has 1 N–H and O–H groups in total. The molecule has 2 aliphatic rings. The number of nitrogens with zero attached hydrogens (tertiary/aromatic N) is 1. The molecule has 1 atom stereocenters. The van der Waals surface area contributed by atoms with Gasteiger partial charge in [-0.1, -0.05) is 22.4 Å². The fourth-order valence-corrected chi connectivity index (χ4v) is 4.14. The molecule has 1 aromatic carbocycles. The number of carbonyl (C=O) groups excluding carboxylic acids is 1. The molecule has 0 radical (unpaired) electrons. The minimum absolute atomic E-state index is 0.157. The summed E-state index contributed by atoms with van der Waals surface area (Å²) in [6.07, 6.45) is 6.00. The predicted molar refractivity (Wildman–Crippen MR) is 91.5 cm³/mol. The van der Waals surface area contributed by atoms with E-state index in [1.54, 1.807) is 0 Å². The van der Waals surface area contributed by atoms with Crippen LogP contribution in [0.1, 0.15) is 42.5 Å². The van der Waals surface area contributed by atoms with E-state index in [9.17, 15) is 4.79 Å². The van der Waals surface area contributed by atoms with Crippen molar-refractivity contribution in [3.05, 3.63) is 32.7 Å². The topological polar surface area (TPSA) is 32.3 Å². The molecule has 3 rings (SSSR count). The SMILES string of the molecule is O=C(c1ccc(Br)cc1Br)N(CC1CCCCN1)C1CC1. The van der Waals surface area contributed by atoms with Gasteiger partial charge in [0.15, 0.2) is 0 Å². The number of carbonyl (C=O) groups is 1. The first kappa shape index (κ1) is 15.5. The molecule has 0 bridgehead atoms. The van der Waals surface area contributed by atoms with Gasteiger partial charge < -0.3 is 10.2 Å². The fraction of sp³-hybridized carbons (Fsp3) is 0.562. The Hall–Kier alpha value is -0.390. The third-order valence-corrected chi connectivity index (χ3v) is 5.39. The quantitative estimate of drug-likeness (QED) is 0.807. The molecule has 1 aromatic rings. The Morgan fingerprint density at radius 3 is 2.67 bits per heavy atom. The van der Waals surface area contributed by atoms with E-state index in [1.807, 2.05) is 18.2 Å². The van der Waals surface area contributed by atoms with Crippen molar-refractivity contribution in [3.8, 4) is 0 Å². The zero-order valence-electron chi connectivity index (χ0n) is 11.9. The zero-order chi connectivity index (χ0) is 14.8. The minimum Gasteiger partial charge on any atom is -0.334 e.